The molecule has 0 spiro atoms. The van der Waals surface area contributed by atoms with E-state index in [1.54, 1.807) is 8.48 Å². The third-order valence-corrected chi connectivity index (χ3v) is 24.3. The van der Waals surface area contributed by atoms with Crippen LogP contribution in [0.1, 0.15) is 90.1 Å². The Kier molecular flexibility index (Phi) is 12.0. The first-order valence-corrected chi connectivity index (χ1v) is 22.6. The average Bonchev–Trinajstić information content (AvgIpc) is 2.95. The number of amides is 1. The summed E-state index contributed by atoms with van der Waals surface area (Å²) in [5.74, 6) is -0.0408. The molecule has 3 rings (SSSR count). The van der Waals surface area contributed by atoms with Crippen molar-refractivity contribution in [2.75, 3.05) is 7.05 Å². The quantitative estimate of drug-likeness (QED) is 0.164. The first kappa shape index (κ1) is 30.9. The fraction of sp³-hybridized carbons (Fsp3) is 0.515. The van der Waals surface area contributed by atoms with Crippen LogP contribution in [0.15, 0.2) is 48.5 Å². The van der Waals surface area contributed by atoms with E-state index in [0.29, 0.717) is 10.7 Å². The summed E-state index contributed by atoms with van der Waals surface area (Å²) in [6.45, 7) is 11.1. The molecule has 1 atom stereocenters. The topological polar surface area (TPSA) is 33.2 Å². The van der Waals surface area contributed by atoms with Gasteiger partial charge in [0.15, 0.2) is 0 Å². The number of benzene rings is 2. The van der Waals surface area contributed by atoms with Gasteiger partial charge in [-0.25, -0.2) is 0 Å². The second-order valence-electron chi connectivity index (χ2n) is 11.0. The Morgan fingerprint density at radius 1 is 0.921 bits per heavy atom. The van der Waals surface area contributed by atoms with Crippen LogP contribution in [0.4, 0.5) is 0 Å². The van der Waals surface area contributed by atoms with Crippen LogP contribution in [0.3, 0.4) is 0 Å². The summed E-state index contributed by atoms with van der Waals surface area (Å²) < 4.78 is 5.78. The number of rotatable bonds is 14. The first-order valence-electron chi connectivity index (χ1n) is 14.8. The van der Waals surface area contributed by atoms with Crippen LogP contribution in [0.25, 0.3) is 22.0 Å². The fourth-order valence-electron chi connectivity index (χ4n) is 5.56. The van der Waals surface area contributed by atoms with Gasteiger partial charge in [-0.2, -0.15) is 0 Å². The van der Waals surface area contributed by atoms with Gasteiger partial charge < -0.3 is 0 Å². The Hall–Kier alpha value is -1.59. The van der Waals surface area contributed by atoms with Crippen LogP contribution in [-0.2, 0) is 0 Å². The number of hydrogen-bond acceptors (Lipinski definition) is 2. The molecule has 0 saturated carbocycles. The summed E-state index contributed by atoms with van der Waals surface area (Å²) in [6.07, 6.45) is 8.59. The number of carbonyl (C=O) groups is 1. The van der Waals surface area contributed by atoms with E-state index in [0.717, 1.165) is 28.5 Å². The van der Waals surface area contributed by atoms with E-state index >= 15 is 0 Å². The number of aromatic nitrogens is 1. The Labute approximate surface area is 240 Å². The molecule has 0 radical (unpaired) electrons. The molecule has 2 aromatic carbocycles. The van der Waals surface area contributed by atoms with Crippen LogP contribution >= 0.6 is 11.6 Å². The maximum absolute atomic E-state index is 13.5. The Morgan fingerprint density at radius 3 is 2.11 bits per heavy atom. The van der Waals surface area contributed by atoms with Crippen molar-refractivity contribution < 1.29 is 4.79 Å². The van der Waals surface area contributed by atoms with Crippen molar-refractivity contribution in [1.29, 1.82) is 0 Å². The number of fused-ring (bicyclic) bond motifs is 1. The molecule has 5 heteroatoms. The first-order chi connectivity index (χ1) is 18.3. The van der Waals surface area contributed by atoms with E-state index in [9.17, 15) is 4.79 Å². The fourth-order valence-corrected chi connectivity index (χ4v) is 21.7. The van der Waals surface area contributed by atoms with Crippen molar-refractivity contribution in [1.82, 2.24) is 9.88 Å². The number of carbonyl (C=O) groups excluding carboxylic acids is 1. The number of hydrogen-bond donors (Lipinski definition) is 0. The molecule has 206 valence electrons. The molecule has 0 saturated heterocycles. The average molecular weight is 642 g/mol. The Morgan fingerprint density at radius 2 is 1.53 bits per heavy atom. The normalized spacial score (nSPS) is 12.6. The van der Waals surface area contributed by atoms with Gasteiger partial charge in [0.1, 0.15) is 0 Å². The summed E-state index contributed by atoms with van der Waals surface area (Å²) >= 11 is 4.27. The maximum atomic E-state index is 13.5. The molecule has 3 aromatic rings. The monoisotopic (exact) mass is 642 g/mol. The second-order valence-corrected chi connectivity index (χ2v) is 24.7. The zero-order valence-corrected chi connectivity index (χ0v) is 28.1. The van der Waals surface area contributed by atoms with Gasteiger partial charge in [0.05, 0.1) is 0 Å². The van der Waals surface area contributed by atoms with Gasteiger partial charge in [0.2, 0.25) is 0 Å². The van der Waals surface area contributed by atoms with Crippen molar-refractivity contribution in [2.24, 2.45) is 0 Å². The van der Waals surface area contributed by atoms with E-state index < -0.39 is 18.4 Å². The molecule has 0 N–H and O–H groups in total. The molecule has 0 bridgehead atoms. The number of unbranched alkanes of at least 4 members (excludes halogenated alkanes) is 3. The number of nitrogens with zero attached hydrogens (tertiary/aromatic N) is 2. The van der Waals surface area contributed by atoms with Gasteiger partial charge >= 0.3 is 241 Å². The summed E-state index contributed by atoms with van der Waals surface area (Å²) in [5, 5.41) is 2.79. The number of halogens is 1. The molecule has 0 aliphatic heterocycles. The van der Waals surface area contributed by atoms with Gasteiger partial charge in [0.25, 0.3) is 0 Å². The van der Waals surface area contributed by atoms with Crippen molar-refractivity contribution in [2.45, 2.75) is 98.9 Å². The molecule has 1 heterocycles. The van der Waals surface area contributed by atoms with Crippen LogP contribution in [0, 0.1) is 0 Å². The van der Waals surface area contributed by atoms with E-state index in [-0.39, 0.29) is 11.9 Å². The van der Waals surface area contributed by atoms with Gasteiger partial charge in [-0.3, -0.25) is 0 Å². The third kappa shape index (κ3) is 7.13. The van der Waals surface area contributed by atoms with Crippen molar-refractivity contribution in [3.05, 3.63) is 59.2 Å². The molecule has 0 unspecified atom stereocenters. The summed E-state index contributed by atoms with van der Waals surface area (Å²) in [7, 11) is 1.87. The zero-order chi connectivity index (χ0) is 27.7. The molecule has 0 aliphatic carbocycles. The Bertz CT molecular complexity index is 1190. The van der Waals surface area contributed by atoms with E-state index in [1.165, 1.54) is 51.8 Å². The van der Waals surface area contributed by atoms with E-state index in [2.05, 4.69) is 65.0 Å². The van der Waals surface area contributed by atoms with E-state index in [1.807, 2.05) is 25.2 Å². The summed E-state index contributed by atoms with van der Waals surface area (Å²) in [5.41, 5.74) is 2.30. The van der Waals surface area contributed by atoms with Crippen LogP contribution < -0.4 is 3.58 Å². The second kappa shape index (κ2) is 14.7. The van der Waals surface area contributed by atoms with Crippen LogP contribution in [0.2, 0.25) is 18.3 Å². The third-order valence-electron chi connectivity index (χ3n) is 8.39. The standard InChI is InChI=1S/C21H20ClN2O.3C4H9.Sn/c1-4-14(2)24(3)21(25)19-13-15-9-5-6-10-16(15)20(23-19)17-11-7-8-12-18(17)22;3*1-3-4-2;/h5-6,8-14H,4H2,1-3H3;3*1,3-4H2,2H3;/t14-;;;;/m1..../s1. The molecule has 1 amide bonds. The summed E-state index contributed by atoms with van der Waals surface area (Å²) in [6, 6.07) is 17.2. The SMILES string of the molecule is CCC[CH2][Sn]([CH2]CCC)([CH2]CCC)[c]1ccc(Cl)c(-c2nc(C(=O)N(C)[C@H](C)CC)cc3ccccc23)c1. The predicted molar refractivity (Wildman–Crippen MR) is 169 cm³/mol. The molecule has 3 nitrogen and oxygen atoms in total. The molecule has 1 aromatic heterocycles. The van der Waals surface area contributed by atoms with Crippen molar-refractivity contribution in [3.63, 3.8) is 0 Å². The molecular weight excluding hydrogens is 595 g/mol. The Balaban J connectivity index is 2.22. The van der Waals surface area contributed by atoms with E-state index in [4.69, 9.17) is 16.6 Å². The number of pyridine rings is 1. The summed E-state index contributed by atoms with van der Waals surface area (Å²) in [4.78, 5) is 20.3. The van der Waals surface area contributed by atoms with Crippen molar-refractivity contribution in [3.8, 4) is 11.3 Å². The molecule has 38 heavy (non-hydrogen) atoms. The zero-order valence-electron chi connectivity index (χ0n) is 24.4. The van der Waals surface area contributed by atoms with Gasteiger partial charge in [0, 0.05) is 0 Å². The molecular formula is C33H47ClN2OSn. The predicted octanol–water partition coefficient (Wildman–Crippen LogP) is 9.48. The van der Waals surface area contributed by atoms with Crippen LogP contribution in [0.5, 0.6) is 0 Å². The molecule has 0 fully saturated rings. The van der Waals surface area contributed by atoms with Gasteiger partial charge in [-0.05, 0) is 0 Å². The van der Waals surface area contributed by atoms with Gasteiger partial charge in [-0.1, -0.05) is 0 Å². The minimum atomic E-state index is -2.68. The minimum absolute atomic E-state index is 0.0408. The van der Waals surface area contributed by atoms with Crippen LogP contribution in [-0.4, -0.2) is 47.3 Å². The molecule has 0 aliphatic rings. The van der Waals surface area contributed by atoms with Crippen molar-refractivity contribution >= 4 is 50.2 Å². The van der Waals surface area contributed by atoms with Gasteiger partial charge in [-0.15, -0.1) is 0 Å².